The van der Waals surface area contributed by atoms with E-state index in [1.807, 2.05) is 27.7 Å². The SMILES string of the molecule is CC.CC.CCOC(=O)c1ccc(C(=O)C2CCC2)cc1. The van der Waals surface area contributed by atoms with Gasteiger partial charge in [-0.15, -0.1) is 0 Å². The second-order valence-corrected chi connectivity index (χ2v) is 4.29. The fourth-order valence-corrected chi connectivity index (χ4v) is 1.89. The zero-order valence-corrected chi connectivity index (χ0v) is 13.9. The van der Waals surface area contributed by atoms with E-state index < -0.39 is 0 Å². The Morgan fingerprint density at radius 3 is 1.86 bits per heavy atom. The molecule has 118 valence electrons. The summed E-state index contributed by atoms with van der Waals surface area (Å²) < 4.78 is 4.88. The highest BCUT2D eigenvalue weighted by Gasteiger charge is 2.26. The van der Waals surface area contributed by atoms with Crippen LogP contribution in [0.4, 0.5) is 0 Å². The molecule has 21 heavy (non-hydrogen) atoms. The quantitative estimate of drug-likeness (QED) is 0.585. The average molecular weight is 292 g/mol. The number of benzene rings is 1. The molecule has 0 amide bonds. The minimum atomic E-state index is -0.338. The first-order valence-electron chi connectivity index (χ1n) is 8.03. The van der Waals surface area contributed by atoms with E-state index in [2.05, 4.69) is 0 Å². The van der Waals surface area contributed by atoms with E-state index in [4.69, 9.17) is 4.74 Å². The van der Waals surface area contributed by atoms with Gasteiger partial charge in [-0.3, -0.25) is 4.79 Å². The van der Waals surface area contributed by atoms with Gasteiger partial charge in [-0.05, 0) is 31.9 Å². The lowest BCUT2D eigenvalue weighted by atomic mass is 9.80. The van der Waals surface area contributed by atoms with Gasteiger partial charge in [-0.25, -0.2) is 4.79 Å². The fourth-order valence-electron chi connectivity index (χ4n) is 1.89. The molecule has 3 heteroatoms. The first-order valence-corrected chi connectivity index (χ1v) is 8.03. The molecule has 1 aromatic rings. The second-order valence-electron chi connectivity index (χ2n) is 4.29. The minimum absolute atomic E-state index is 0.198. The van der Waals surface area contributed by atoms with Crippen LogP contribution in [-0.2, 0) is 4.74 Å². The van der Waals surface area contributed by atoms with Crippen molar-refractivity contribution in [1.29, 1.82) is 0 Å². The third-order valence-electron chi connectivity index (χ3n) is 3.16. The molecule has 1 aliphatic rings. The Bertz CT molecular complexity index is 417. The van der Waals surface area contributed by atoms with Gasteiger partial charge in [0.1, 0.15) is 0 Å². The molecule has 0 aliphatic heterocycles. The van der Waals surface area contributed by atoms with Gasteiger partial charge in [0.2, 0.25) is 0 Å². The van der Waals surface area contributed by atoms with E-state index in [9.17, 15) is 9.59 Å². The number of hydrogen-bond acceptors (Lipinski definition) is 3. The third-order valence-corrected chi connectivity index (χ3v) is 3.16. The number of esters is 1. The standard InChI is InChI=1S/C14H16O3.2C2H6/c1-2-17-14(16)12-8-6-11(7-9-12)13(15)10-4-3-5-10;2*1-2/h6-10H,2-5H2,1H3;2*1-2H3. The predicted molar refractivity (Wildman–Crippen MR) is 86.8 cm³/mol. The lowest BCUT2D eigenvalue weighted by Gasteiger charge is -2.23. The molecule has 3 nitrogen and oxygen atoms in total. The summed E-state index contributed by atoms with van der Waals surface area (Å²) >= 11 is 0. The highest BCUT2D eigenvalue weighted by molar-refractivity contribution is 5.99. The first-order chi connectivity index (χ1) is 10.2. The van der Waals surface area contributed by atoms with Crippen molar-refractivity contribution in [3.63, 3.8) is 0 Å². The number of rotatable bonds is 4. The Hall–Kier alpha value is -1.64. The first kappa shape index (κ1) is 19.4. The monoisotopic (exact) mass is 292 g/mol. The summed E-state index contributed by atoms with van der Waals surface area (Å²) in [5.41, 5.74) is 1.19. The molecular weight excluding hydrogens is 264 g/mol. The van der Waals surface area contributed by atoms with Crippen LogP contribution in [0.25, 0.3) is 0 Å². The van der Waals surface area contributed by atoms with Gasteiger partial charge in [-0.2, -0.15) is 0 Å². The fraction of sp³-hybridized carbons (Fsp3) is 0.556. The van der Waals surface area contributed by atoms with E-state index in [0.717, 1.165) is 19.3 Å². The lowest BCUT2D eigenvalue weighted by molar-refractivity contribution is 0.0526. The topological polar surface area (TPSA) is 43.4 Å². The normalized spacial score (nSPS) is 12.8. The van der Waals surface area contributed by atoms with Crippen LogP contribution in [0.1, 0.15) is 74.6 Å². The highest BCUT2D eigenvalue weighted by Crippen LogP contribution is 2.29. The van der Waals surface area contributed by atoms with Crippen molar-refractivity contribution in [3.8, 4) is 0 Å². The molecule has 0 N–H and O–H groups in total. The van der Waals surface area contributed by atoms with E-state index in [1.54, 1.807) is 31.2 Å². The Morgan fingerprint density at radius 2 is 1.48 bits per heavy atom. The molecule has 0 bridgehead atoms. The van der Waals surface area contributed by atoms with Crippen LogP contribution < -0.4 is 0 Å². The number of ether oxygens (including phenoxy) is 1. The number of carbonyl (C=O) groups is 2. The molecule has 0 aromatic heterocycles. The Balaban J connectivity index is 0.000000921. The number of Topliss-reactive ketones (excluding diaryl/α,β-unsaturated/α-hetero) is 1. The maximum absolute atomic E-state index is 11.9. The summed E-state index contributed by atoms with van der Waals surface area (Å²) in [6.07, 6.45) is 3.15. The van der Waals surface area contributed by atoms with Gasteiger partial charge in [0.15, 0.2) is 5.78 Å². The maximum Gasteiger partial charge on any atom is 0.338 e. The molecular formula is C18H28O3. The van der Waals surface area contributed by atoms with Crippen molar-refractivity contribution in [2.24, 2.45) is 5.92 Å². The molecule has 1 fully saturated rings. The molecule has 1 saturated carbocycles. The van der Waals surface area contributed by atoms with Crippen LogP contribution in [0.15, 0.2) is 24.3 Å². The van der Waals surface area contributed by atoms with Crippen LogP contribution in [0, 0.1) is 5.92 Å². The number of hydrogen-bond donors (Lipinski definition) is 0. The van der Waals surface area contributed by atoms with E-state index in [1.165, 1.54) is 0 Å². The van der Waals surface area contributed by atoms with Crippen molar-refractivity contribution < 1.29 is 14.3 Å². The van der Waals surface area contributed by atoms with E-state index in [-0.39, 0.29) is 17.7 Å². The van der Waals surface area contributed by atoms with Crippen molar-refractivity contribution in [2.45, 2.75) is 53.9 Å². The summed E-state index contributed by atoms with van der Waals surface area (Å²) in [4.78, 5) is 23.3. The van der Waals surface area contributed by atoms with Crippen LogP contribution in [0.2, 0.25) is 0 Å². The van der Waals surface area contributed by atoms with Gasteiger partial charge in [0.25, 0.3) is 0 Å². The van der Waals surface area contributed by atoms with Gasteiger partial charge >= 0.3 is 5.97 Å². The third kappa shape index (κ3) is 5.70. The molecule has 1 aromatic carbocycles. The van der Waals surface area contributed by atoms with E-state index in [0.29, 0.717) is 17.7 Å². The van der Waals surface area contributed by atoms with Crippen LogP contribution >= 0.6 is 0 Å². The van der Waals surface area contributed by atoms with Crippen molar-refractivity contribution >= 4 is 11.8 Å². The van der Waals surface area contributed by atoms with E-state index >= 15 is 0 Å². The number of carbonyl (C=O) groups excluding carboxylic acids is 2. The minimum Gasteiger partial charge on any atom is -0.462 e. The number of ketones is 1. The van der Waals surface area contributed by atoms with Crippen LogP contribution in [0.5, 0.6) is 0 Å². The summed E-state index contributed by atoms with van der Waals surface area (Å²) in [5.74, 6) is 0.0604. The van der Waals surface area contributed by atoms with Crippen molar-refractivity contribution in [3.05, 3.63) is 35.4 Å². The summed E-state index contributed by atoms with van der Waals surface area (Å²) in [7, 11) is 0. The molecule has 2 rings (SSSR count). The second kappa shape index (κ2) is 11.1. The van der Waals surface area contributed by atoms with Crippen molar-refractivity contribution in [1.82, 2.24) is 0 Å². The predicted octanol–water partition coefficient (Wildman–Crippen LogP) is 4.90. The molecule has 1 aliphatic carbocycles. The molecule has 0 atom stereocenters. The molecule has 0 unspecified atom stereocenters. The maximum atomic E-state index is 11.9. The van der Waals surface area contributed by atoms with Crippen LogP contribution in [0.3, 0.4) is 0 Å². The zero-order chi connectivity index (χ0) is 16.3. The smallest absolute Gasteiger partial charge is 0.338 e. The summed E-state index contributed by atoms with van der Waals surface area (Å²) in [6.45, 7) is 10.1. The van der Waals surface area contributed by atoms with Gasteiger partial charge in [0.05, 0.1) is 12.2 Å². The largest absolute Gasteiger partial charge is 0.462 e. The summed E-state index contributed by atoms with van der Waals surface area (Å²) in [5, 5.41) is 0. The Labute approximate surface area is 128 Å². The molecule has 0 heterocycles. The van der Waals surface area contributed by atoms with Gasteiger partial charge in [-0.1, -0.05) is 46.2 Å². The summed E-state index contributed by atoms with van der Waals surface area (Å²) in [6, 6.07) is 6.74. The highest BCUT2D eigenvalue weighted by atomic mass is 16.5. The van der Waals surface area contributed by atoms with Gasteiger partial charge < -0.3 is 4.74 Å². The lowest BCUT2D eigenvalue weighted by Crippen LogP contribution is -2.21. The van der Waals surface area contributed by atoms with Crippen LogP contribution in [-0.4, -0.2) is 18.4 Å². The van der Waals surface area contributed by atoms with Crippen molar-refractivity contribution in [2.75, 3.05) is 6.61 Å². The Morgan fingerprint density at radius 1 is 1.00 bits per heavy atom. The van der Waals surface area contributed by atoms with Gasteiger partial charge in [0, 0.05) is 11.5 Å². The molecule has 0 saturated heterocycles. The molecule has 0 spiro atoms. The Kier molecular flexibility index (Phi) is 10.2. The molecule has 0 radical (unpaired) electrons. The zero-order valence-electron chi connectivity index (χ0n) is 13.9. The average Bonchev–Trinajstić information content (AvgIpc) is 2.50.